The van der Waals surface area contributed by atoms with Gasteiger partial charge in [-0.2, -0.15) is 0 Å². The summed E-state index contributed by atoms with van der Waals surface area (Å²) in [6.07, 6.45) is 0. The molecule has 0 unspecified atom stereocenters. The number of thioether (sulfide) groups is 1. The molecule has 0 amide bonds. The highest BCUT2D eigenvalue weighted by Gasteiger charge is 1.98. The normalized spacial score (nSPS) is 10.2. The van der Waals surface area contributed by atoms with Crippen molar-refractivity contribution in [3.8, 4) is 5.75 Å². The van der Waals surface area contributed by atoms with Crippen molar-refractivity contribution in [2.45, 2.75) is 4.34 Å². The molecule has 2 N–H and O–H groups in total. The molecule has 0 bridgehead atoms. The Kier molecular flexibility index (Phi) is 4.01. The Morgan fingerprint density at radius 2 is 2.38 bits per heavy atom. The van der Waals surface area contributed by atoms with Crippen LogP contribution in [0.5, 0.6) is 5.75 Å². The molecule has 1 aromatic carbocycles. The maximum absolute atomic E-state index is 5.64. The van der Waals surface area contributed by atoms with Gasteiger partial charge in [-0.1, -0.05) is 29.2 Å². The molecule has 2 rings (SSSR count). The summed E-state index contributed by atoms with van der Waals surface area (Å²) < 4.78 is 6.51. The molecule has 0 radical (unpaired) electrons. The number of aromatic nitrogens is 2. The number of ether oxygens (including phenoxy) is 1. The molecule has 16 heavy (non-hydrogen) atoms. The van der Waals surface area contributed by atoms with Crippen molar-refractivity contribution in [2.24, 2.45) is 0 Å². The second kappa shape index (κ2) is 5.72. The summed E-state index contributed by atoms with van der Waals surface area (Å²) in [5, 5.41) is 7.69. The quantitative estimate of drug-likeness (QED) is 0.503. The Bertz CT molecular complexity index is 433. The fourth-order valence-corrected chi connectivity index (χ4v) is 2.49. The van der Waals surface area contributed by atoms with Crippen LogP contribution in [0.25, 0.3) is 0 Å². The minimum atomic E-state index is 0.633. The van der Waals surface area contributed by atoms with Gasteiger partial charge < -0.3 is 10.5 Å². The number of nitrogen functional groups attached to an aromatic ring is 1. The molecule has 84 valence electrons. The van der Waals surface area contributed by atoms with Crippen LogP contribution in [0.4, 0.5) is 5.69 Å². The summed E-state index contributed by atoms with van der Waals surface area (Å²) in [5.74, 6) is 1.65. The molecule has 2 aromatic rings. The lowest BCUT2D eigenvalue weighted by Crippen LogP contribution is -2.00. The van der Waals surface area contributed by atoms with E-state index in [4.69, 9.17) is 10.5 Å². The predicted molar refractivity (Wildman–Crippen MR) is 67.0 cm³/mol. The minimum Gasteiger partial charge on any atom is -0.493 e. The zero-order valence-electron chi connectivity index (χ0n) is 8.50. The molecule has 0 aliphatic rings. The van der Waals surface area contributed by atoms with E-state index < -0.39 is 0 Å². The van der Waals surface area contributed by atoms with Crippen molar-refractivity contribution in [3.63, 3.8) is 0 Å². The molecule has 0 atom stereocenters. The third-order valence-corrected chi connectivity index (χ3v) is 3.60. The Labute approximate surface area is 102 Å². The standard InChI is InChI=1S/C10H11N3OS2/c11-8-2-1-3-9(6-8)14-4-5-15-10-13-12-7-16-10/h1-3,6-7H,4-5,11H2. The molecule has 0 aliphatic heterocycles. The molecular formula is C10H11N3OS2. The van der Waals surface area contributed by atoms with Gasteiger partial charge in [0.15, 0.2) is 4.34 Å². The van der Waals surface area contributed by atoms with Gasteiger partial charge in [-0.05, 0) is 12.1 Å². The van der Waals surface area contributed by atoms with E-state index >= 15 is 0 Å². The van der Waals surface area contributed by atoms with Gasteiger partial charge in [-0.25, -0.2) is 0 Å². The van der Waals surface area contributed by atoms with Gasteiger partial charge in [0.1, 0.15) is 11.3 Å². The van der Waals surface area contributed by atoms with Crippen molar-refractivity contribution in [3.05, 3.63) is 29.8 Å². The topological polar surface area (TPSA) is 61.0 Å². The molecule has 6 heteroatoms. The summed E-state index contributed by atoms with van der Waals surface area (Å²) >= 11 is 3.18. The van der Waals surface area contributed by atoms with Crippen molar-refractivity contribution in [2.75, 3.05) is 18.1 Å². The minimum absolute atomic E-state index is 0.633. The summed E-state index contributed by atoms with van der Waals surface area (Å²) in [7, 11) is 0. The second-order valence-corrected chi connectivity index (χ2v) is 5.15. The van der Waals surface area contributed by atoms with Crippen LogP contribution >= 0.6 is 23.1 Å². The zero-order chi connectivity index (χ0) is 11.2. The monoisotopic (exact) mass is 253 g/mol. The molecule has 0 saturated heterocycles. The first-order chi connectivity index (χ1) is 7.84. The zero-order valence-corrected chi connectivity index (χ0v) is 10.1. The van der Waals surface area contributed by atoms with Gasteiger partial charge in [0, 0.05) is 17.5 Å². The first kappa shape index (κ1) is 11.2. The van der Waals surface area contributed by atoms with Crippen molar-refractivity contribution in [1.82, 2.24) is 10.2 Å². The molecule has 0 aliphatic carbocycles. The Hall–Kier alpha value is -1.27. The molecule has 0 saturated carbocycles. The van der Waals surface area contributed by atoms with Gasteiger partial charge in [0.25, 0.3) is 0 Å². The van der Waals surface area contributed by atoms with E-state index in [1.807, 2.05) is 24.3 Å². The number of benzene rings is 1. The van der Waals surface area contributed by atoms with E-state index in [1.54, 1.807) is 17.3 Å². The molecule has 1 aromatic heterocycles. The van der Waals surface area contributed by atoms with E-state index in [1.165, 1.54) is 11.3 Å². The van der Waals surface area contributed by atoms with Crippen molar-refractivity contribution < 1.29 is 4.74 Å². The van der Waals surface area contributed by atoms with Crippen LogP contribution in [0.1, 0.15) is 0 Å². The fourth-order valence-electron chi connectivity index (χ4n) is 1.12. The first-order valence-electron chi connectivity index (χ1n) is 4.72. The van der Waals surface area contributed by atoms with Crippen LogP contribution in [-0.4, -0.2) is 22.6 Å². The number of nitrogens with zero attached hydrogens (tertiary/aromatic N) is 2. The molecule has 4 nitrogen and oxygen atoms in total. The van der Waals surface area contributed by atoms with Crippen molar-refractivity contribution >= 4 is 28.8 Å². The van der Waals surface area contributed by atoms with E-state index in [0.29, 0.717) is 12.3 Å². The summed E-state index contributed by atoms with van der Waals surface area (Å²) in [5.41, 5.74) is 8.08. The van der Waals surface area contributed by atoms with Crippen LogP contribution in [0.15, 0.2) is 34.1 Å². The fraction of sp³-hybridized carbons (Fsp3) is 0.200. The van der Waals surface area contributed by atoms with Crippen LogP contribution in [0, 0.1) is 0 Å². The largest absolute Gasteiger partial charge is 0.493 e. The number of hydrogen-bond donors (Lipinski definition) is 1. The molecule has 1 heterocycles. The lowest BCUT2D eigenvalue weighted by atomic mass is 10.3. The van der Waals surface area contributed by atoms with Gasteiger partial charge in [0.05, 0.1) is 6.61 Å². The average molecular weight is 253 g/mol. The van der Waals surface area contributed by atoms with Crippen LogP contribution in [0.3, 0.4) is 0 Å². The van der Waals surface area contributed by atoms with E-state index in [0.717, 1.165) is 15.8 Å². The summed E-state index contributed by atoms with van der Waals surface area (Å²) in [6, 6.07) is 7.42. The SMILES string of the molecule is Nc1cccc(OCCSc2nncs2)c1. The number of rotatable bonds is 5. The number of nitrogens with two attached hydrogens (primary N) is 1. The van der Waals surface area contributed by atoms with E-state index in [-0.39, 0.29) is 0 Å². The lowest BCUT2D eigenvalue weighted by molar-refractivity contribution is 0.344. The Morgan fingerprint density at radius 1 is 1.44 bits per heavy atom. The smallest absolute Gasteiger partial charge is 0.174 e. The summed E-state index contributed by atoms with van der Waals surface area (Å²) in [4.78, 5) is 0. The van der Waals surface area contributed by atoms with Gasteiger partial charge in [-0.15, -0.1) is 10.2 Å². The predicted octanol–water partition coefficient (Wildman–Crippen LogP) is 2.29. The summed E-state index contributed by atoms with van der Waals surface area (Å²) in [6.45, 7) is 0.633. The highest BCUT2D eigenvalue weighted by atomic mass is 32.2. The lowest BCUT2D eigenvalue weighted by Gasteiger charge is -2.05. The van der Waals surface area contributed by atoms with Crippen LogP contribution in [0.2, 0.25) is 0 Å². The van der Waals surface area contributed by atoms with Crippen LogP contribution in [-0.2, 0) is 0 Å². The van der Waals surface area contributed by atoms with Gasteiger partial charge >= 0.3 is 0 Å². The third-order valence-electron chi connectivity index (χ3n) is 1.78. The molecule has 0 spiro atoms. The molecular weight excluding hydrogens is 242 g/mol. The van der Waals surface area contributed by atoms with Gasteiger partial charge in [-0.3, -0.25) is 0 Å². The Morgan fingerprint density at radius 3 is 3.12 bits per heavy atom. The maximum atomic E-state index is 5.64. The number of hydrogen-bond acceptors (Lipinski definition) is 6. The van der Waals surface area contributed by atoms with Crippen LogP contribution < -0.4 is 10.5 Å². The Balaban J connectivity index is 1.72. The van der Waals surface area contributed by atoms with E-state index in [9.17, 15) is 0 Å². The van der Waals surface area contributed by atoms with Crippen molar-refractivity contribution in [1.29, 1.82) is 0 Å². The maximum Gasteiger partial charge on any atom is 0.174 e. The average Bonchev–Trinajstić information content (AvgIpc) is 2.77. The first-order valence-corrected chi connectivity index (χ1v) is 6.58. The highest BCUT2D eigenvalue weighted by Crippen LogP contribution is 2.19. The van der Waals surface area contributed by atoms with Gasteiger partial charge in [0.2, 0.25) is 0 Å². The second-order valence-electron chi connectivity index (χ2n) is 2.97. The molecule has 0 fully saturated rings. The third kappa shape index (κ3) is 3.39. The van der Waals surface area contributed by atoms with E-state index in [2.05, 4.69) is 10.2 Å². The highest BCUT2D eigenvalue weighted by molar-refractivity contribution is 8.01. The number of anilines is 1.